The van der Waals surface area contributed by atoms with Crippen LogP contribution in [0.1, 0.15) is 19.3 Å². The minimum atomic E-state index is -4.21. The average molecular weight is 320 g/mol. The molecule has 0 bridgehead atoms. The summed E-state index contributed by atoms with van der Waals surface area (Å²) in [6, 6.07) is -0.250. The highest BCUT2D eigenvalue weighted by Crippen LogP contribution is 2.72. The first-order chi connectivity index (χ1) is 10.3. The maximum absolute atomic E-state index is 13.2. The van der Waals surface area contributed by atoms with Crippen molar-refractivity contribution in [3.05, 3.63) is 0 Å². The monoisotopic (exact) mass is 320 g/mol. The maximum atomic E-state index is 13.2. The van der Waals surface area contributed by atoms with Crippen molar-refractivity contribution >= 4 is 6.03 Å². The second kappa shape index (κ2) is 5.26. The van der Waals surface area contributed by atoms with Crippen LogP contribution in [-0.2, 0) is 0 Å². The molecule has 3 fully saturated rings. The molecular weight excluding hydrogens is 297 g/mol. The molecule has 1 aliphatic carbocycles. The van der Waals surface area contributed by atoms with E-state index in [9.17, 15) is 18.0 Å². The third-order valence-corrected chi connectivity index (χ3v) is 5.78. The first kappa shape index (κ1) is 15.9. The molecule has 1 saturated carbocycles. The second-order valence-corrected chi connectivity index (χ2v) is 6.97. The SMILES string of the molecule is NCC1CCN(C(=O)NC[C@@]23CNC[C@]2(C(F)(F)F)C3)CC1. The van der Waals surface area contributed by atoms with E-state index in [0.29, 0.717) is 32.1 Å². The van der Waals surface area contributed by atoms with Crippen molar-refractivity contribution in [2.24, 2.45) is 22.5 Å². The average Bonchev–Trinajstić information content (AvgIpc) is 3.02. The minimum Gasteiger partial charge on any atom is -0.337 e. The van der Waals surface area contributed by atoms with E-state index in [2.05, 4.69) is 10.6 Å². The lowest BCUT2D eigenvalue weighted by Gasteiger charge is -2.32. The number of nitrogens with two attached hydrogens (primary N) is 1. The molecule has 2 atom stereocenters. The van der Waals surface area contributed by atoms with Crippen LogP contribution in [0.15, 0.2) is 0 Å². The van der Waals surface area contributed by atoms with Gasteiger partial charge in [0, 0.05) is 38.1 Å². The van der Waals surface area contributed by atoms with Crippen molar-refractivity contribution in [2.75, 3.05) is 39.3 Å². The van der Waals surface area contributed by atoms with E-state index in [1.54, 1.807) is 4.90 Å². The fraction of sp³-hybridized carbons (Fsp3) is 0.929. The summed E-state index contributed by atoms with van der Waals surface area (Å²) in [6.07, 6.45) is -2.36. The third-order valence-electron chi connectivity index (χ3n) is 5.78. The van der Waals surface area contributed by atoms with E-state index in [1.807, 2.05) is 0 Å². The number of nitrogens with one attached hydrogen (secondary N) is 2. The summed E-state index contributed by atoms with van der Waals surface area (Å²) in [7, 11) is 0. The first-order valence-electron chi connectivity index (χ1n) is 7.84. The van der Waals surface area contributed by atoms with E-state index in [-0.39, 0.29) is 25.5 Å². The molecule has 0 spiro atoms. The summed E-state index contributed by atoms with van der Waals surface area (Å²) < 4.78 is 39.7. The molecule has 0 aromatic rings. The molecule has 2 aliphatic heterocycles. The van der Waals surface area contributed by atoms with E-state index in [4.69, 9.17) is 5.73 Å². The summed E-state index contributed by atoms with van der Waals surface area (Å²) in [4.78, 5) is 13.8. The van der Waals surface area contributed by atoms with Crippen LogP contribution < -0.4 is 16.4 Å². The maximum Gasteiger partial charge on any atom is 0.396 e. The Hall–Kier alpha value is -1.02. The van der Waals surface area contributed by atoms with Crippen LogP contribution in [0.3, 0.4) is 0 Å². The smallest absolute Gasteiger partial charge is 0.337 e. The van der Waals surface area contributed by atoms with Crippen molar-refractivity contribution in [3.63, 3.8) is 0 Å². The number of carbonyl (C=O) groups is 1. The topological polar surface area (TPSA) is 70.4 Å². The molecule has 0 aromatic carbocycles. The molecule has 0 aromatic heterocycles. The Morgan fingerprint density at radius 1 is 1.32 bits per heavy atom. The Morgan fingerprint density at radius 2 is 2.00 bits per heavy atom. The molecule has 22 heavy (non-hydrogen) atoms. The van der Waals surface area contributed by atoms with Crippen molar-refractivity contribution in [1.82, 2.24) is 15.5 Å². The van der Waals surface area contributed by atoms with E-state index in [1.165, 1.54) is 0 Å². The molecule has 5 nitrogen and oxygen atoms in total. The van der Waals surface area contributed by atoms with Crippen molar-refractivity contribution in [2.45, 2.75) is 25.4 Å². The van der Waals surface area contributed by atoms with Gasteiger partial charge in [-0.2, -0.15) is 13.2 Å². The number of hydrogen-bond donors (Lipinski definition) is 3. The fourth-order valence-corrected chi connectivity index (χ4v) is 4.05. The van der Waals surface area contributed by atoms with E-state index in [0.717, 1.165) is 12.8 Å². The van der Waals surface area contributed by atoms with E-state index < -0.39 is 17.0 Å². The molecule has 2 amide bonds. The standard InChI is InChI=1S/C14H23F3N4O/c15-14(16,17)13-6-12(13,7-19-9-13)8-20-11(22)21-3-1-10(5-18)2-4-21/h10,19H,1-9,18H2,(H,20,22)/t12-,13-/m1/s1. The van der Waals surface area contributed by atoms with Gasteiger partial charge < -0.3 is 21.3 Å². The van der Waals surface area contributed by atoms with Crippen LogP contribution in [0.5, 0.6) is 0 Å². The Balaban J connectivity index is 1.52. The van der Waals surface area contributed by atoms with Gasteiger partial charge in [0.2, 0.25) is 0 Å². The molecule has 3 aliphatic rings. The zero-order valence-electron chi connectivity index (χ0n) is 12.5. The number of alkyl halides is 3. The summed E-state index contributed by atoms with van der Waals surface area (Å²) in [6.45, 7) is 2.26. The number of halogens is 3. The quantitative estimate of drug-likeness (QED) is 0.724. The van der Waals surface area contributed by atoms with E-state index >= 15 is 0 Å². The van der Waals surface area contributed by atoms with Crippen LogP contribution >= 0.6 is 0 Å². The molecule has 0 unspecified atom stereocenters. The molecule has 2 heterocycles. The number of hydrogen-bond acceptors (Lipinski definition) is 3. The second-order valence-electron chi connectivity index (χ2n) is 6.97. The van der Waals surface area contributed by atoms with Crippen LogP contribution in [0, 0.1) is 16.7 Å². The van der Waals surface area contributed by atoms with Gasteiger partial charge in [-0.1, -0.05) is 0 Å². The normalized spacial score (nSPS) is 35.4. The Labute approximate surface area is 127 Å². The first-order valence-corrected chi connectivity index (χ1v) is 7.84. The summed E-state index contributed by atoms with van der Waals surface area (Å²) in [5.41, 5.74) is 3.12. The Bertz CT molecular complexity index is 450. The van der Waals surface area contributed by atoms with Gasteiger partial charge in [0.25, 0.3) is 0 Å². The lowest BCUT2D eigenvalue weighted by molar-refractivity contribution is -0.190. The van der Waals surface area contributed by atoms with Gasteiger partial charge in [-0.3, -0.25) is 0 Å². The van der Waals surface area contributed by atoms with Crippen LogP contribution in [0.2, 0.25) is 0 Å². The number of fused-ring (bicyclic) bond motifs is 1. The predicted octanol–water partition coefficient (Wildman–Crippen LogP) is 0.909. The lowest BCUT2D eigenvalue weighted by atomic mass is 9.95. The predicted molar refractivity (Wildman–Crippen MR) is 75.2 cm³/mol. The molecule has 8 heteroatoms. The Morgan fingerprint density at radius 3 is 2.55 bits per heavy atom. The number of rotatable bonds is 3. The number of likely N-dealkylation sites (tertiary alicyclic amines) is 1. The van der Waals surface area contributed by atoms with Gasteiger partial charge in [-0.05, 0) is 31.7 Å². The molecular formula is C14H23F3N4O. The molecule has 4 N–H and O–H groups in total. The highest BCUT2D eigenvalue weighted by atomic mass is 19.4. The fourth-order valence-electron chi connectivity index (χ4n) is 4.05. The highest BCUT2D eigenvalue weighted by Gasteiger charge is 2.81. The van der Waals surface area contributed by atoms with Crippen LogP contribution in [0.25, 0.3) is 0 Å². The minimum absolute atomic E-state index is 0.0335. The molecule has 126 valence electrons. The van der Waals surface area contributed by atoms with Gasteiger partial charge in [0.1, 0.15) is 0 Å². The van der Waals surface area contributed by atoms with Gasteiger partial charge in [0.15, 0.2) is 0 Å². The van der Waals surface area contributed by atoms with Gasteiger partial charge >= 0.3 is 12.2 Å². The molecule has 2 saturated heterocycles. The summed E-state index contributed by atoms with van der Waals surface area (Å²) in [5.74, 6) is 0.447. The highest BCUT2D eigenvalue weighted by molar-refractivity contribution is 5.74. The third kappa shape index (κ3) is 2.36. The van der Waals surface area contributed by atoms with Gasteiger partial charge in [-0.25, -0.2) is 4.79 Å². The number of nitrogens with zero attached hydrogens (tertiary/aromatic N) is 1. The number of piperidine rings is 2. The Kier molecular flexibility index (Phi) is 3.79. The van der Waals surface area contributed by atoms with Gasteiger partial charge in [-0.15, -0.1) is 0 Å². The zero-order valence-corrected chi connectivity index (χ0v) is 12.5. The van der Waals surface area contributed by atoms with Crippen molar-refractivity contribution in [3.8, 4) is 0 Å². The molecule has 3 rings (SSSR count). The zero-order chi connectivity index (χ0) is 16.0. The number of carbonyl (C=O) groups excluding carboxylic acids is 1. The van der Waals surface area contributed by atoms with Gasteiger partial charge in [0.05, 0.1) is 5.41 Å². The number of urea groups is 1. The van der Waals surface area contributed by atoms with Crippen LogP contribution in [-0.4, -0.2) is 56.4 Å². The summed E-state index contributed by atoms with van der Waals surface area (Å²) in [5, 5.41) is 5.55. The van der Waals surface area contributed by atoms with Crippen molar-refractivity contribution in [1.29, 1.82) is 0 Å². The lowest BCUT2D eigenvalue weighted by Crippen LogP contribution is -2.47. The summed E-state index contributed by atoms with van der Waals surface area (Å²) >= 11 is 0. The van der Waals surface area contributed by atoms with Crippen molar-refractivity contribution < 1.29 is 18.0 Å². The number of amides is 2. The van der Waals surface area contributed by atoms with Crippen LogP contribution in [0.4, 0.5) is 18.0 Å². The largest absolute Gasteiger partial charge is 0.396 e. The molecule has 0 radical (unpaired) electrons.